The summed E-state index contributed by atoms with van der Waals surface area (Å²) in [5, 5.41) is 3.80. The molecule has 0 saturated heterocycles. The summed E-state index contributed by atoms with van der Waals surface area (Å²) in [5.74, 6) is 0.787. The second-order valence-corrected chi connectivity index (χ2v) is 10.8. The van der Waals surface area contributed by atoms with Crippen LogP contribution in [0.2, 0.25) is 0 Å². The Morgan fingerprint density at radius 1 is 0.970 bits per heavy atom. The average Bonchev–Trinajstić information content (AvgIpc) is 3.22. The Hall–Kier alpha value is -2.66. The Morgan fingerprint density at radius 2 is 1.61 bits per heavy atom. The minimum Gasteiger partial charge on any atom is -0.486 e. The lowest BCUT2D eigenvalue weighted by atomic mass is 9.70. The molecule has 0 saturated carbocycles. The highest BCUT2D eigenvalue weighted by atomic mass is 32.1. The Kier molecular flexibility index (Phi) is 7.32. The summed E-state index contributed by atoms with van der Waals surface area (Å²) in [6, 6.07) is 14.8. The molecule has 5 heteroatoms. The first-order valence-electron chi connectivity index (χ1n) is 11.6. The third kappa shape index (κ3) is 4.98. The number of hydrogen-bond donors (Lipinski definition) is 1. The molecule has 0 fully saturated rings. The number of aryl methyl sites for hydroxylation is 1. The fourth-order valence-electron chi connectivity index (χ4n) is 4.27. The van der Waals surface area contributed by atoms with Gasteiger partial charge in [0, 0.05) is 22.6 Å². The van der Waals surface area contributed by atoms with Gasteiger partial charge in [-0.05, 0) is 60.0 Å². The minimum atomic E-state index is -0.411. The summed E-state index contributed by atoms with van der Waals surface area (Å²) >= 11 is 1.53. The number of nitrogens with one attached hydrogen (secondary N) is 1. The van der Waals surface area contributed by atoms with E-state index in [9.17, 15) is 9.59 Å². The second kappa shape index (κ2) is 9.68. The van der Waals surface area contributed by atoms with Crippen molar-refractivity contribution in [1.82, 2.24) is 5.32 Å². The standard InChI is InChI=1S/C28H35NO3S/c1-8-28(9-2,21-11-10-19-15-24(26(31)29-7)33-23(19)16-21)20-12-13-22(18(3)14-20)32-17-25(30)27(4,5)6/h10-16H,8-9,17H2,1-7H3,(H,29,31). The zero-order valence-corrected chi connectivity index (χ0v) is 21.6. The summed E-state index contributed by atoms with van der Waals surface area (Å²) in [4.78, 5) is 25.1. The SMILES string of the molecule is CCC(CC)(c1ccc(OCC(=O)C(C)(C)C)c(C)c1)c1ccc2cc(C(=O)NC)sc2c1. The molecule has 1 heterocycles. The van der Waals surface area contributed by atoms with Crippen molar-refractivity contribution in [2.24, 2.45) is 5.41 Å². The maximum atomic E-state index is 12.3. The Balaban J connectivity index is 1.96. The predicted octanol–water partition coefficient (Wildman–Crippen LogP) is 6.67. The Labute approximate surface area is 201 Å². The number of carbonyl (C=O) groups excluding carboxylic acids is 2. The number of rotatable bonds is 8. The van der Waals surface area contributed by atoms with Crippen LogP contribution >= 0.6 is 11.3 Å². The first-order valence-corrected chi connectivity index (χ1v) is 12.4. The van der Waals surface area contributed by atoms with E-state index >= 15 is 0 Å². The van der Waals surface area contributed by atoms with E-state index in [0.29, 0.717) is 0 Å². The van der Waals surface area contributed by atoms with E-state index < -0.39 is 5.41 Å². The van der Waals surface area contributed by atoms with E-state index in [1.165, 1.54) is 22.5 Å². The molecule has 3 aromatic rings. The van der Waals surface area contributed by atoms with Gasteiger partial charge in [-0.1, -0.05) is 58.9 Å². The molecule has 176 valence electrons. The number of amides is 1. The summed E-state index contributed by atoms with van der Waals surface area (Å²) in [6.45, 7) is 12.3. The summed E-state index contributed by atoms with van der Waals surface area (Å²) in [6.07, 6.45) is 1.90. The van der Waals surface area contributed by atoms with Crippen molar-refractivity contribution in [2.75, 3.05) is 13.7 Å². The van der Waals surface area contributed by atoms with Crippen LogP contribution in [0.25, 0.3) is 10.1 Å². The van der Waals surface area contributed by atoms with Crippen molar-refractivity contribution < 1.29 is 14.3 Å². The van der Waals surface area contributed by atoms with E-state index in [1.807, 2.05) is 39.8 Å². The number of thiophene rings is 1. The van der Waals surface area contributed by atoms with Gasteiger partial charge in [-0.15, -0.1) is 11.3 Å². The van der Waals surface area contributed by atoms with Crippen LogP contribution in [-0.2, 0) is 10.2 Å². The van der Waals surface area contributed by atoms with Crippen LogP contribution in [0.4, 0.5) is 0 Å². The van der Waals surface area contributed by atoms with E-state index in [-0.39, 0.29) is 23.7 Å². The van der Waals surface area contributed by atoms with Gasteiger partial charge < -0.3 is 10.1 Å². The largest absolute Gasteiger partial charge is 0.486 e. The average molecular weight is 466 g/mol. The lowest BCUT2D eigenvalue weighted by Crippen LogP contribution is -2.27. The van der Waals surface area contributed by atoms with Gasteiger partial charge in [-0.2, -0.15) is 0 Å². The first-order chi connectivity index (χ1) is 15.6. The lowest BCUT2D eigenvalue weighted by Gasteiger charge is -2.34. The number of carbonyl (C=O) groups is 2. The topological polar surface area (TPSA) is 55.4 Å². The second-order valence-electron chi connectivity index (χ2n) is 9.67. The molecule has 0 aliphatic heterocycles. The maximum absolute atomic E-state index is 12.3. The zero-order valence-electron chi connectivity index (χ0n) is 20.8. The van der Waals surface area contributed by atoms with E-state index in [2.05, 4.69) is 49.5 Å². The number of fused-ring (bicyclic) bond motifs is 1. The molecule has 1 amide bonds. The van der Waals surface area contributed by atoms with Gasteiger partial charge in [0.15, 0.2) is 5.78 Å². The summed E-state index contributed by atoms with van der Waals surface area (Å²) in [7, 11) is 1.66. The number of ether oxygens (including phenoxy) is 1. The van der Waals surface area contributed by atoms with Crippen molar-refractivity contribution in [2.45, 2.75) is 59.8 Å². The summed E-state index contributed by atoms with van der Waals surface area (Å²) in [5.41, 5.74) is 2.96. The number of hydrogen-bond acceptors (Lipinski definition) is 4. The van der Waals surface area contributed by atoms with E-state index in [0.717, 1.165) is 39.1 Å². The molecule has 2 aromatic carbocycles. The van der Waals surface area contributed by atoms with Gasteiger partial charge in [0.1, 0.15) is 12.4 Å². The minimum absolute atomic E-state index is 0.0499. The fraction of sp³-hybridized carbons (Fsp3) is 0.429. The normalized spacial score (nSPS) is 12.1. The van der Waals surface area contributed by atoms with Gasteiger partial charge >= 0.3 is 0 Å². The van der Waals surface area contributed by atoms with Crippen LogP contribution in [-0.4, -0.2) is 25.3 Å². The molecular formula is C28H35NO3S. The molecule has 0 bridgehead atoms. The highest BCUT2D eigenvalue weighted by Gasteiger charge is 2.32. The fourth-order valence-corrected chi connectivity index (χ4v) is 5.31. The monoisotopic (exact) mass is 465 g/mol. The molecule has 1 N–H and O–H groups in total. The molecule has 0 radical (unpaired) electrons. The Bertz CT molecular complexity index is 1170. The van der Waals surface area contributed by atoms with Gasteiger partial charge in [0.05, 0.1) is 4.88 Å². The van der Waals surface area contributed by atoms with Crippen LogP contribution in [0.5, 0.6) is 5.75 Å². The van der Waals surface area contributed by atoms with Gasteiger partial charge in [-0.25, -0.2) is 0 Å². The molecule has 0 spiro atoms. The number of Topliss-reactive ketones (excluding diaryl/α,β-unsaturated/α-hetero) is 1. The lowest BCUT2D eigenvalue weighted by molar-refractivity contribution is -0.128. The van der Waals surface area contributed by atoms with Crippen LogP contribution in [0.1, 0.15) is 73.8 Å². The highest BCUT2D eigenvalue weighted by molar-refractivity contribution is 7.20. The number of ketones is 1. The van der Waals surface area contributed by atoms with Crippen LogP contribution in [0.15, 0.2) is 42.5 Å². The van der Waals surface area contributed by atoms with Gasteiger partial charge in [0.2, 0.25) is 0 Å². The van der Waals surface area contributed by atoms with Crippen molar-refractivity contribution in [3.05, 3.63) is 64.0 Å². The van der Waals surface area contributed by atoms with Crippen molar-refractivity contribution in [3.8, 4) is 5.75 Å². The smallest absolute Gasteiger partial charge is 0.261 e. The molecule has 3 rings (SSSR count). The van der Waals surface area contributed by atoms with E-state index in [1.54, 1.807) is 7.05 Å². The molecule has 1 aromatic heterocycles. The molecule has 0 aliphatic rings. The van der Waals surface area contributed by atoms with E-state index in [4.69, 9.17) is 4.74 Å². The molecule has 0 aliphatic carbocycles. The maximum Gasteiger partial charge on any atom is 0.261 e. The Morgan fingerprint density at radius 3 is 2.18 bits per heavy atom. The molecule has 0 atom stereocenters. The van der Waals surface area contributed by atoms with Gasteiger partial charge in [0.25, 0.3) is 5.91 Å². The molecule has 0 unspecified atom stereocenters. The van der Waals surface area contributed by atoms with Crippen molar-refractivity contribution >= 4 is 33.1 Å². The third-order valence-electron chi connectivity index (χ3n) is 6.65. The van der Waals surface area contributed by atoms with Crippen molar-refractivity contribution in [3.63, 3.8) is 0 Å². The highest BCUT2D eigenvalue weighted by Crippen LogP contribution is 2.42. The predicted molar refractivity (Wildman–Crippen MR) is 138 cm³/mol. The van der Waals surface area contributed by atoms with Crippen molar-refractivity contribution in [1.29, 1.82) is 0 Å². The zero-order chi connectivity index (χ0) is 24.4. The molecule has 4 nitrogen and oxygen atoms in total. The summed E-state index contributed by atoms with van der Waals surface area (Å²) < 4.78 is 6.99. The van der Waals surface area contributed by atoms with Crippen LogP contribution < -0.4 is 10.1 Å². The van der Waals surface area contributed by atoms with Crippen LogP contribution in [0, 0.1) is 12.3 Å². The quantitative estimate of drug-likeness (QED) is 0.404. The molecule has 33 heavy (non-hydrogen) atoms. The number of benzene rings is 2. The van der Waals surface area contributed by atoms with Crippen LogP contribution in [0.3, 0.4) is 0 Å². The third-order valence-corrected chi connectivity index (χ3v) is 7.75. The molecular weight excluding hydrogens is 430 g/mol. The van der Waals surface area contributed by atoms with Gasteiger partial charge in [-0.3, -0.25) is 9.59 Å². The first kappa shape index (κ1) is 25.0.